The quantitative estimate of drug-likeness (QED) is 0.801. The van der Waals surface area contributed by atoms with Crippen LogP contribution in [0.25, 0.3) is 0 Å². The zero-order valence-corrected chi connectivity index (χ0v) is 15.5. The second-order valence-corrected chi connectivity index (χ2v) is 7.96. The molecule has 0 unspecified atom stereocenters. The summed E-state index contributed by atoms with van der Waals surface area (Å²) in [6.45, 7) is 4.64. The van der Waals surface area contributed by atoms with Crippen molar-refractivity contribution in [3.05, 3.63) is 40.7 Å². The smallest absolute Gasteiger partial charge is 0.214 e. The predicted octanol–water partition coefficient (Wildman–Crippen LogP) is -0.0558. The van der Waals surface area contributed by atoms with Gasteiger partial charge in [-0.1, -0.05) is 36.6 Å². The van der Waals surface area contributed by atoms with Crippen LogP contribution in [0, 0.1) is 0 Å². The SMILES string of the molecule is C[NH+]1CC[NH+]([C@@H](c2ccc(Cl)cc2)c2nnnn2C2CCCC2)CC1. The number of piperazine rings is 1. The molecule has 2 aromatic rings. The standard InChI is InChI=1S/C18H25ClN6/c1-23-10-12-24(13-11-23)17(14-6-8-15(19)9-7-14)18-20-21-22-25(18)16-4-2-3-5-16/h6-9,16-17H,2-5,10-13H2,1H3/p+2/t17-/m0/s1. The summed E-state index contributed by atoms with van der Waals surface area (Å²) in [5.74, 6) is 1.02. The van der Waals surface area contributed by atoms with E-state index in [-0.39, 0.29) is 6.04 Å². The molecule has 2 heterocycles. The zero-order chi connectivity index (χ0) is 17.2. The first-order chi connectivity index (χ1) is 12.2. The highest BCUT2D eigenvalue weighted by Gasteiger charge is 2.36. The molecule has 0 spiro atoms. The number of hydrogen-bond acceptors (Lipinski definition) is 3. The third-order valence-electron chi connectivity index (χ3n) is 5.80. The fourth-order valence-electron chi connectivity index (χ4n) is 4.31. The first kappa shape index (κ1) is 16.9. The molecule has 1 aliphatic heterocycles. The van der Waals surface area contributed by atoms with E-state index in [0.717, 1.165) is 23.9 Å². The number of quaternary nitrogens is 2. The van der Waals surface area contributed by atoms with Gasteiger partial charge in [-0.25, -0.2) is 4.68 Å². The molecule has 0 radical (unpaired) electrons. The molecule has 2 fully saturated rings. The van der Waals surface area contributed by atoms with E-state index in [2.05, 4.69) is 39.4 Å². The number of halogens is 1. The van der Waals surface area contributed by atoms with Crippen LogP contribution in [0.2, 0.25) is 5.02 Å². The van der Waals surface area contributed by atoms with Gasteiger partial charge in [0, 0.05) is 10.6 Å². The van der Waals surface area contributed by atoms with Gasteiger partial charge in [-0.2, -0.15) is 0 Å². The Hall–Kier alpha value is -1.50. The lowest BCUT2D eigenvalue weighted by Crippen LogP contribution is -3.27. The largest absolute Gasteiger partial charge is 0.328 e. The van der Waals surface area contributed by atoms with Gasteiger partial charge >= 0.3 is 0 Å². The van der Waals surface area contributed by atoms with Crippen LogP contribution in [-0.4, -0.2) is 53.4 Å². The van der Waals surface area contributed by atoms with Gasteiger partial charge in [0.25, 0.3) is 0 Å². The number of aromatic nitrogens is 4. The summed E-state index contributed by atoms with van der Waals surface area (Å²) in [5.41, 5.74) is 1.26. The van der Waals surface area contributed by atoms with Gasteiger partial charge in [-0.05, 0) is 35.4 Å². The molecular weight excluding hydrogens is 336 g/mol. The average molecular weight is 363 g/mol. The first-order valence-corrected chi connectivity index (χ1v) is 9.79. The number of tetrazole rings is 1. The summed E-state index contributed by atoms with van der Waals surface area (Å²) in [6.07, 6.45) is 4.93. The van der Waals surface area contributed by atoms with E-state index in [9.17, 15) is 0 Å². The Labute approximate surface area is 153 Å². The third kappa shape index (κ3) is 3.57. The van der Waals surface area contributed by atoms with Crippen LogP contribution in [-0.2, 0) is 0 Å². The van der Waals surface area contributed by atoms with Crippen molar-refractivity contribution in [2.24, 2.45) is 0 Å². The Morgan fingerprint density at radius 1 is 1.08 bits per heavy atom. The minimum absolute atomic E-state index is 0.181. The lowest BCUT2D eigenvalue weighted by atomic mass is 10.0. The monoisotopic (exact) mass is 362 g/mol. The zero-order valence-electron chi connectivity index (χ0n) is 14.8. The maximum Gasteiger partial charge on any atom is 0.214 e. The summed E-state index contributed by atoms with van der Waals surface area (Å²) in [4.78, 5) is 3.16. The molecule has 25 heavy (non-hydrogen) atoms. The molecule has 1 aromatic heterocycles. The summed E-state index contributed by atoms with van der Waals surface area (Å²) in [6, 6.07) is 8.87. The van der Waals surface area contributed by atoms with Crippen molar-refractivity contribution in [2.75, 3.05) is 33.2 Å². The van der Waals surface area contributed by atoms with E-state index in [1.807, 2.05) is 12.1 Å². The topological polar surface area (TPSA) is 52.5 Å². The molecule has 134 valence electrons. The van der Waals surface area contributed by atoms with Crippen molar-refractivity contribution < 1.29 is 9.80 Å². The van der Waals surface area contributed by atoms with Crippen LogP contribution in [0.5, 0.6) is 0 Å². The van der Waals surface area contributed by atoms with Gasteiger partial charge < -0.3 is 9.80 Å². The highest BCUT2D eigenvalue weighted by molar-refractivity contribution is 6.30. The summed E-state index contributed by atoms with van der Waals surface area (Å²) >= 11 is 6.13. The highest BCUT2D eigenvalue weighted by atomic mass is 35.5. The van der Waals surface area contributed by atoms with E-state index in [1.165, 1.54) is 44.3 Å². The Morgan fingerprint density at radius 2 is 1.76 bits per heavy atom. The lowest BCUT2D eigenvalue weighted by molar-refractivity contribution is -1.02. The van der Waals surface area contributed by atoms with Crippen LogP contribution in [0.15, 0.2) is 24.3 Å². The molecule has 1 aromatic carbocycles. The Balaban J connectivity index is 1.70. The van der Waals surface area contributed by atoms with Crippen molar-refractivity contribution in [3.8, 4) is 0 Å². The normalized spacial score (nSPS) is 26.0. The van der Waals surface area contributed by atoms with Crippen molar-refractivity contribution in [3.63, 3.8) is 0 Å². The van der Waals surface area contributed by atoms with Crippen molar-refractivity contribution in [1.82, 2.24) is 20.2 Å². The van der Waals surface area contributed by atoms with Gasteiger partial charge in [0.15, 0.2) is 6.04 Å². The van der Waals surface area contributed by atoms with Crippen LogP contribution in [0.4, 0.5) is 0 Å². The van der Waals surface area contributed by atoms with Crippen molar-refractivity contribution >= 4 is 11.6 Å². The Bertz CT molecular complexity index is 686. The lowest BCUT2D eigenvalue weighted by Gasteiger charge is -2.33. The van der Waals surface area contributed by atoms with Crippen molar-refractivity contribution in [2.45, 2.75) is 37.8 Å². The molecule has 1 aliphatic carbocycles. The van der Waals surface area contributed by atoms with E-state index in [0.29, 0.717) is 6.04 Å². The van der Waals surface area contributed by atoms with Gasteiger partial charge in [0.1, 0.15) is 26.2 Å². The number of nitrogens with zero attached hydrogens (tertiary/aromatic N) is 4. The molecule has 7 heteroatoms. The van der Waals surface area contributed by atoms with Crippen LogP contribution < -0.4 is 9.80 Å². The number of benzene rings is 1. The number of nitrogens with one attached hydrogen (secondary N) is 2. The molecule has 1 saturated carbocycles. The molecule has 2 aliphatic rings. The second kappa shape index (κ2) is 7.40. The van der Waals surface area contributed by atoms with E-state index in [1.54, 1.807) is 9.80 Å². The van der Waals surface area contributed by atoms with Crippen LogP contribution in [0.1, 0.15) is 49.2 Å². The molecular formula is C18H27ClN6+2. The first-order valence-electron chi connectivity index (χ1n) is 9.41. The molecule has 1 atom stereocenters. The highest BCUT2D eigenvalue weighted by Crippen LogP contribution is 2.31. The second-order valence-electron chi connectivity index (χ2n) is 7.52. The van der Waals surface area contributed by atoms with Gasteiger partial charge in [0.05, 0.1) is 13.1 Å². The van der Waals surface area contributed by atoms with Gasteiger partial charge in [-0.3, -0.25) is 0 Å². The minimum Gasteiger partial charge on any atom is -0.328 e. The summed E-state index contributed by atoms with van der Waals surface area (Å²) < 4.78 is 2.12. The maximum atomic E-state index is 6.13. The fourth-order valence-corrected chi connectivity index (χ4v) is 4.43. The van der Waals surface area contributed by atoms with Gasteiger partial charge in [0.2, 0.25) is 5.82 Å². The minimum atomic E-state index is 0.181. The predicted molar refractivity (Wildman–Crippen MR) is 95.9 cm³/mol. The Kier molecular flexibility index (Phi) is 5.01. The number of likely N-dealkylation sites (N-methyl/N-ethyl adjacent to an activating group) is 1. The fraction of sp³-hybridized carbons (Fsp3) is 0.611. The van der Waals surface area contributed by atoms with E-state index < -0.39 is 0 Å². The van der Waals surface area contributed by atoms with Gasteiger partial charge in [-0.15, -0.1) is 5.10 Å². The molecule has 2 N–H and O–H groups in total. The molecule has 0 amide bonds. The molecule has 1 saturated heterocycles. The number of rotatable bonds is 4. The molecule has 0 bridgehead atoms. The average Bonchev–Trinajstić information content (AvgIpc) is 3.30. The Morgan fingerprint density at radius 3 is 2.44 bits per heavy atom. The van der Waals surface area contributed by atoms with Crippen LogP contribution in [0.3, 0.4) is 0 Å². The van der Waals surface area contributed by atoms with E-state index in [4.69, 9.17) is 11.6 Å². The van der Waals surface area contributed by atoms with Crippen LogP contribution >= 0.6 is 11.6 Å². The van der Waals surface area contributed by atoms with Crippen molar-refractivity contribution in [1.29, 1.82) is 0 Å². The number of hydrogen-bond donors (Lipinski definition) is 2. The molecule has 6 nitrogen and oxygen atoms in total. The maximum absolute atomic E-state index is 6.13. The van der Waals surface area contributed by atoms with E-state index >= 15 is 0 Å². The molecule has 4 rings (SSSR count). The summed E-state index contributed by atoms with van der Waals surface area (Å²) in [7, 11) is 2.27. The summed E-state index contributed by atoms with van der Waals surface area (Å²) in [5, 5.41) is 13.7. The third-order valence-corrected chi connectivity index (χ3v) is 6.06.